The number of benzene rings is 1. The number of likely N-dealkylation sites (tertiary alicyclic amines) is 1. The molecule has 1 saturated heterocycles. The molecule has 1 aromatic rings. The van der Waals surface area contributed by atoms with E-state index >= 15 is 0 Å². The summed E-state index contributed by atoms with van der Waals surface area (Å²) >= 11 is 0. The lowest BCUT2D eigenvalue weighted by molar-refractivity contribution is -0.383. The summed E-state index contributed by atoms with van der Waals surface area (Å²) in [5.41, 5.74) is -0.322. The largest absolute Gasteiger partial charge is 0.454 e. The van der Waals surface area contributed by atoms with Gasteiger partial charge in [0.1, 0.15) is 11.7 Å². The first-order valence-electron chi connectivity index (χ1n) is 9.38. The highest BCUT2D eigenvalue weighted by Crippen LogP contribution is 2.38. The van der Waals surface area contributed by atoms with Crippen molar-refractivity contribution in [3.05, 3.63) is 34.4 Å². The standard InChI is InChI=1S/C19H21N3O7/c1-11(21-17(24)12-6-2-3-7-13(12)18(21)25)19(26)29-10-16(23)20-14-8-4-5-9-15(14)22(27)28/h4-5,8-9,11-13H,2-3,6-7,10H2,1H3,(H,20,23)/t11-,12?,13?/m0/s1. The van der Waals surface area contributed by atoms with Gasteiger partial charge in [0, 0.05) is 6.07 Å². The number of amides is 3. The fourth-order valence-corrected chi connectivity index (χ4v) is 3.86. The third-order valence-corrected chi connectivity index (χ3v) is 5.32. The van der Waals surface area contributed by atoms with E-state index in [0.29, 0.717) is 12.8 Å². The average molecular weight is 403 g/mol. The van der Waals surface area contributed by atoms with Gasteiger partial charge in [-0.2, -0.15) is 0 Å². The zero-order valence-corrected chi connectivity index (χ0v) is 15.8. The number of hydrogen-bond donors (Lipinski definition) is 1. The Bertz CT molecular complexity index is 845. The van der Waals surface area contributed by atoms with Crippen LogP contribution in [0.2, 0.25) is 0 Å². The Morgan fingerprint density at radius 2 is 1.79 bits per heavy atom. The SMILES string of the molecule is C[C@@H](C(=O)OCC(=O)Nc1ccccc1[N+](=O)[O-])N1C(=O)C2CCCCC2C1=O. The molecular weight excluding hydrogens is 382 g/mol. The van der Waals surface area contributed by atoms with Gasteiger partial charge < -0.3 is 10.1 Å². The van der Waals surface area contributed by atoms with Crippen LogP contribution >= 0.6 is 0 Å². The Morgan fingerprint density at radius 3 is 2.38 bits per heavy atom. The highest BCUT2D eigenvalue weighted by molar-refractivity contribution is 6.08. The Labute approximate surface area is 166 Å². The number of ether oxygens (including phenoxy) is 1. The van der Waals surface area contributed by atoms with E-state index in [-0.39, 0.29) is 35.0 Å². The van der Waals surface area contributed by atoms with Crippen molar-refractivity contribution in [3.8, 4) is 0 Å². The number of nitro benzene ring substituents is 1. The van der Waals surface area contributed by atoms with Crippen LogP contribution < -0.4 is 5.32 Å². The Balaban J connectivity index is 1.58. The van der Waals surface area contributed by atoms with Gasteiger partial charge in [-0.25, -0.2) is 4.79 Å². The number of hydrogen-bond acceptors (Lipinski definition) is 7. The predicted molar refractivity (Wildman–Crippen MR) is 99.4 cm³/mol. The van der Waals surface area contributed by atoms with E-state index in [1.54, 1.807) is 0 Å². The molecule has 1 aliphatic carbocycles. The van der Waals surface area contributed by atoms with Crippen LogP contribution in [0, 0.1) is 22.0 Å². The van der Waals surface area contributed by atoms with Gasteiger partial charge in [-0.15, -0.1) is 0 Å². The van der Waals surface area contributed by atoms with Crippen molar-refractivity contribution in [1.82, 2.24) is 4.90 Å². The van der Waals surface area contributed by atoms with Gasteiger partial charge in [0.25, 0.3) is 11.6 Å². The number of rotatable bonds is 6. The number of nitrogens with one attached hydrogen (secondary N) is 1. The lowest BCUT2D eigenvalue weighted by Crippen LogP contribution is -2.45. The molecule has 10 heteroatoms. The number of nitrogens with zero attached hydrogens (tertiary/aromatic N) is 2. The topological polar surface area (TPSA) is 136 Å². The molecule has 3 amide bonds. The first kappa shape index (κ1) is 20.4. The molecule has 3 atom stereocenters. The second kappa shape index (κ2) is 8.38. The number of para-hydroxylation sites is 2. The number of imide groups is 1. The monoisotopic (exact) mass is 403 g/mol. The van der Waals surface area contributed by atoms with E-state index in [1.165, 1.54) is 31.2 Å². The number of anilines is 1. The molecule has 0 spiro atoms. The summed E-state index contributed by atoms with van der Waals surface area (Å²) in [5, 5.41) is 13.3. The molecule has 2 unspecified atom stereocenters. The molecule has 3 rings (SSSR count). The Kier molecular flexibility index (Phi) is 5.90. The van der Waals surface area contributed by atoms with Crippen molar-refractivity contribution >= 4 is 35.1 Å². The van der Waals surface area contributed by atoms with E-state index in [4.69, 9.17) is 4.74 Å². The van der Waals surface area contributed by atoms with Crippen LogP contribution in [0.1, 0.15) is 32.6 Å². The lowest BCUT2D eigenvalue weighted by Gasteiger charge is -2.21. The van der Waals surface area contributed by atoms with Gasteiger partial charge in [0.05, 0.1) is 16.8 Å². The van der Waals surface area contributed by atoms with Gasteiger partial charge in [-0.3, -0.25) is 29.4 Å². The van der Waals surface area contributed by atoms with Gasteiger partial charge >= 0.3 is 5.97 Å². The normalized spacial score (nSPS) is 22.0. The van der Waals surface area contributed by atoms with Crippen LogP contribution in [0.5, 0.6) is 0 Å². The van der Waals surface area contributed by atoms with E-state index < -0.39 is 29.4 Å². The maximum Gasteiger partial charge on any atom is 0.329 e. The molecule has 1 N–H and O–H groups in total. The molecule has 2 fully saturated rings. The summed E-state index contributed by atoms with van der Waals surface area (Å²) in [6, 6.07) is 4.41. The van der Waals surface area contributed by atoms with E-state index in [9.17, 15) is 29.3 Å². The minimum atomic E-state index is -1.14. The van der Waals surface area contributed by atoms with E-state index in [2.05, 4.69) is 5.32 Å². The van der Waals surface area contributed by atoms with Gasteiger partial charge in [0.15, 0.2) is 6.61 Å². The molecule has 29 heavy (non-hydrogen) atoms. The van der Waals surface area contributed by atoms with Crippen LogP contribution in [0.3, 0.4) is 0 Å². The lowest BCUT2D eigenvalue weighted by atomic mass is 9.81. The smallest absolute Gasteiger partial charge is 0.329 e. The number of esters is 1. The first-order valence-corrected chi connectivity index (χ1v) is 9.38. The number of fused-ring (bicyclic) bond motifs is 1. The fourth-order valence-electron chi connectivity index (χ4n) is 3.86. The zero-order chi connectivity index (χ0) is 21.1. The van der Waals surface area contributed by atoms with Crippen LogP contribution in [0.15, 0.2) is 24.3 Å². The molecule has 1 saturated carbocycles. The first-order chi connectivity index (χ1) is 13.8. The molecule has 0 radical (unpaired) electrons. The Morgan fingerprint density at radius 1 is 1.21 bits per heavy atom. The minimum absolute atomic E-state index is 0.0272. The fraction of sp³-hybridized carbons (Fsp3) is 0.474. The molecule has 0 aromatic heterocycles. The van der Waals surface area contributed by atoms with Crippen molar-refractivity contribution in [2.75, 3.05) is 11.9 Å². The van der Waals surface area contributed by atoms with E-state index in [0.717, 1.165) is 17.7 Å². The van der Waals surface area contributed by atoms with Crippen molar-refractivity contribution in [1.29, 1.82) is 0 Å². The summed E-state index contributed by atoms with van der Waals surface area (Å²) in [4.78, 5) is 60.7. The van der Waals surface area contributed by atoms with Gasteiger partial charge in [0.2, 0.25) is 11.8 Å². The minimum Gasteiger partial charge on any atom is -0.454 e. The summed E-state index contributed by atoms with van der Waals surface area (Å²) in [6.45, 7) is 0.688. The predicted octanol–water partition coefficient (Wildman–Crippen LogP) is 1.64. The average Bonchev–Trinajstić information content (AvgIpc) is 2.96. The molecular formula is C19H21N3O7. The van der Waals surface area contributed by atoms with E-state index in [1.807, 2.05) is 0 Å². The van der Waals surface area contributed by atoms with Crippen LogP contribution in [0.25, 0.3) is 0 Å². The summed E-state index contributed by atoms with van der Waals surface area (Å²) in [7, 11) is 0. The van der Waals surface area contributed by atoms with Crippen molar-refractivity contribution in [2.45, 2.75) is 38.6 Å². The summed E-state index contributed by atoms with van der Waals surface area (Å²) in [6.07, 6.45) is 3.01. The second-order valence-corrected chi connectivity index (χ2v) is 7.15. The van der Waals surface area contributed by atoms with Crippen LogP contribution in [-0.2, 0) is 23.9 Å². The van der Waals surface area contributed by atoms with Crippen molar-refractivity contribution < 1.29 is 28.8 Å². The number of carbonyl (C=O) groups excluding carboxylic acids is 4. The third-order valence-electron chi connectivity index (χ3n) is 5.32. The van der Waals surface area contributed by atoms with Crippen molar-refractivity contribution in [3.63, 3.8) is 0 Å². The number of carbonyl (C=O) groups is 4. The highest BCUT2D eigenvalue weighted by atomic mass is 16.6. The zero-order valence-electron chi connectivity index (χ0n) is 15.8. The molecule has 1 aliphatic heterocycles. The van der Waals surface area contributed by atoms with Gasteiger partial charge in [-0.05, 0) is 25.8 Å². The molecule has 1 heterocycles. The Hall–Kier alpha value is -3.30. The molecule has 154 valence electrons. The molecule has 1 aromatic carbocycles. The van der Waals surface area contributed by atoms with Crippen LogP contribution in [-0.4, -0.2) is 46.2 Å². The molecule has 10 nitrogen and oxygen atoms in total. The second-order valence-electron chi connectivity index (χ2n) is 7.15. The van der Waals surface area contributed by atoms with Crippen molar-refractivity contribution in [2.24, 2.45) is 11.8 Å². The molecule has 2 aliphatic rings. The maximum absolute atomic E-state index is 12.5. The third kappa shape index (κ3) is 4.10. The number of nitro groups is 1. The summed E-state index contributed by atoms with van der Waals surface area (Å²) < 4.78 is 4.93. The summed E-state index contributed by atoms with van der Waals surface area (Å²) in [5.74, 6) is -3.15. The van der Waals surface area contributed by atoms with Gasteiger partial charge in [-0.1, -0.05) is 25.0 Å². The van der Waals surface area contributed by atoms with Crippen LogP contribution in [0.4, 0.5) is 11.4 Å². The quantitative estimate of drug-likeness (QED) is 0.330. The maximum atomic E-state index is 12.5. The molecule has 0 bridgehead atoms. The highest BCUT2D eigenvalue weighted by Gasteiger charge is 2.51.